The van der Waals surface area contributed by atoms with E-state index in [-0.39, 0.29) is 22.4 Å². The van der Waals surface area contributed by atoms with E-state index in [1.54, 1.807) is 0 Å². The molecule has 0 spiro atoms. The monoisotopic (exact) mass is 396 g/mol. The summed E-state index contributed by atoms with van der Waals surface area (Å²) in [5.74, 6) is 0.189. The van der Waals surface area contributed by atoms with Crippen LogP contribution < -0.4 is 5.73 Å². The number of hydrogen-bond acceptors (Lipinski definition) is 4. The van der Waals surface area contributed by atoms with Crippen LogP contribution in [0.5, 0.6) is 0 Å². The molecule has 0 aliphatic carbocycles. The molecule has 0 aromatic heterocycles. The Morgan fingerprint density at radius 2 is 2.19 bits per heavy atom. The highest BCUT2D eigenvalue weighted by atomic mass is 79.9. The van der Waals surface area contributed by atoms with E-state index in [0.29, 0.717) is 29.7 Å². The lowest BCUT2D eigenvalue weighted by Gasteiger charge is -2.32. The number of nitrogen functional groups attached to an aromatic ring is 1. The molecule has 5 nitrogen and oxygen atoms in total. The summed E-state index contributed by atoms with van der Waals surface area (Å²) in [4.78, 5) is 0.0946. The molecule has 1 aliphatic rings. The third kappa shape index (κ3) is 3.71. The molecule has 118 valence electrons. The third-order valence-corrected chi connectivity index (χ3v) is 6.92. The SMILES string of the molecule is Nc1cc(Cl)cc(S(=O)(=O)N2CCCC(CCO)C2)c1Br. The number of aliphatic hydroxyl groups excluding tert-OH is 1. The molecule has 21 heavy (non-hydrogen) atoms. The van der Waals surface area contributed by atoms with E-state index in [1.165, 1.54) is 16.4 Å². The van der Waals surface area contributed by atoms with Gasteiger partial charge in [-0.1, -0.05) is 11.6 Å². The van der Waals surface area contributed by atoms with Gasteiger partial charge in [-0.25, -0.2) is 8.42 Å². The van der Waals surface area contributed by atoms with Gasteiger partial charge in [-0.05, 0) is 53.2 Å². The minimum Gasteiger partial charge on any atom is -0.398 e. The topological polar surface area (TPSA) is 83.6 Å². The van der Waals surface area contributed by atoms with Crippen molar-refractivity contribution >= 4 is 43.2 Å². The molecule has 2 rings (SSSR count). The first kappa shape index (κ1) is 17.0. The Balaban J connectivity index is 2.34. The normalized spacial score (nSPS) is 20.6. The highest BCUT2D eigenvalue weighted by Gasteiger charge is 2.32. The van der Waals surface area contributed by atoms with Gasteiger partial charge in [0, 0.05) is 30.4 Å². The highest BCUT2D eigenvalue weighted by molar-refractivity contribution is 9.10. The largest absolute Gasteiger partial charge is 0.398 e. The van der Waals surface area contributed by atoms with Crippen LogP contribution in [0.3, 0.4) is 0 Å². The number of halogens is 2. The fourth-order valence-corrected chi connectivity index (χ4v) is 5.38. The summed E-state index contributed by atoms with van der Waals surface area (Å²) < 4.78 is 27.4. The molecule has 1 fully saturated rings. The summed E-state index contributed by atoms with van der Waals surface area (Å²) in [6.07, 6.45) is 2.34. The first-order valence-electron chi connectivity index (χ1n) is 6.71. The predicted molar refractivity (Wildman–Crippen MR) is 86.8 cm³/mol. The lowest BCUT2D eigenvalue weighted by Crippen LogP contribution is -2.40. The lowest BCUT2D eigenvalue weighted by molar-refractivity contribution is 0.203. The van der Waals surface area contributed by atoms with Crippen molar-refractivity contribution in [2.45, 2.75) is 24.2 Å². The first-order chi connectivity index (χ1) is 9.86. The summed E-state index contributed by atoms with van der Waals surface area (Å²) in [6, 6.07) is 2.92. The minimum atomic E-state index is -3.65. The molecule has 0 amide bonds. The maximum Gasteiger partial charge on any atom is 0.244 e. The fraction of sp³-hybridized carbons (Fsp3) is 0.538. The van der Waals surface area contributed by atoms with Crippen molar-refractivity contribution in [3.63, 3.8) is 0 Å². The molecular weight excluding hydrogens is 380 g/mol. The number of sulfonamides is 1. The third-order valence-electron chi connectivity index (χ3n) is 3.67. The van der Waals surface area contributed by atoms with Gasteiger partial charge in [0.05, 0.1) is 9.37 Å². The van der Waals surface area contributed by atoms with Crippen molar-refractivity contribution < 1.29 is 13.5 Å². The zero-order valence-electron chi connectivity index (χ0n) is 11.4. The molecule has 8 heteroatoms. The molecule has 1 aliphatic heterocycles. The zero-order chi connectivity index (χ0) is 15.6. The Morgan fingerprint density at radius 3 is 2.86 bits per heavy atom. The summed E-state index contributed by atoms with van der Waals surface area (Å²) in [7, 11) is -3.65. The average Bonchev–Trinajstić information content (AvgIpc) is 2.43. The molecule has 1 aromatic carbocycles. The maximum atomic E-state index is 12.8. The van der Waals surface area contributed by atoms with Crippen molar-refractivity contribution in [1.29, 1.82) is 0 Å². The quantitative estimate of drug-likeness (QED) is 0.765. The van der Waals surface area contributed by atoms with E-state index in [4.69, 9.17) is 22.4 Å². The molecule has 0 saturated carbocycles. The minimum absolute atomic E-state index is 0.0758. The smallest absolute Gasteiger partial charge is 0.244 e. The second kappa shape index (κ2) is 6.83. The zero-order valence-corrected chi connectivity index (χ0v) is 14.6. The highest BCUT2D eigenvalue weighted by Crippen LogP contribution is 2.34. The van der Waals surface area contributed by atoms with Gasteiger partial charge in [-0.3, -0.25) is 0 Å². The molecule has 3 N–H and O–H groups in total. The van der Waals surface area contributed by atoms with Crippen LogP contribution in [-0.4, -0.2) is 37.5 Å². The van der Waals surface area contributed by atoms with Crippen LogP contribution in [0.25, 0.3) is 0 Å². The van der Waals surface area contributed by atoms with Crippen LogP contribution in [0.2, 0.25) is 5.02 Å². The second-order valence-electron chi connectivity index (χ2n) is 5.19. The van der Waals surface area contributed by atoms with E-state index in [2.05, 4.69) is 15.9 Å². The summed E-state index contributed by atoms with van der Waals surface area (Å²) >= 11 is 9.16. The Morgan fingerprint density at radius 1 is 1.48 bits per heavy atom. The van der Waals surface area contributed by atoms with E-state index >= 15 is 0 Å². The van der Waals surface area contributed by atoms with Crippen molar-refractivity contribution in [2.75, 3.05) is 25.4 Å². The Hall–Kier alpha value is -0.340. The van der Waals surface area contributed by atoms with E-state index in [0.717, 1.165) is 12.8 Å². The van der Waals surface area contributed by atoms with Crippen LogP contribution in [0.4, 0.5) is 5.69 Å². The van der Waals surface area contributed by atoms with Gasteiger partial charge in [0.2, 0.25) is 10.0 Å². The number of piperidine rings is 1. The number of anilines is 1. The molecule has 1 aromatic rings. The fourth-order valence-electron chi connectivity index (χ4n) is 2.57. The van der Waals surface area contributed by atoms with E-state index in [9.17, 15) is 8.42 Å². The standard InChI is InChI=1S/C13H18BrClN2O3S/c14-13-11(16)6-10(15)7-12(13)21(19,20)17-4-1-2-9(8-17)3-5-18/h6-7,9,18H,1-5,8,16H2. The predicted octanol–water partition coefficient (Wildman–Crippen LogP) is 2.47. The van der Waals surface area contributed by atoms with Gasteiger partial charge < -0.3 is 10.8 Å². The molecule has 1 unspecified atom stereocenters. The Bertz CT molecular complexity index is 622. The van der Waals surface area contributed by atoms with Crippen molar-refractivity contribution in [3.8, 4) is 0 Å². The number of benzene rings is 1. The average molecular weight is 398 g/mol. The van der Waals surface area contributed by atoms with Crippen LogP contribution in [0, 0.1) is 5.92 Å². The van der Waals surface area contributed by atoms with Gasteiger partial charge in [0.15, 0.2) is 0 Å². The summed E-state index contributed by atoms with van der Waals surface area (Å²) in [5.41, 5.74) is 6.07. The molecule has 0 radical (unpaired) electrons. The molecule has 1 saturated heterocycles. The second-order valence-corrected chi connectivity index (χ2v) is 8.33. The van der Waals surface area contributed by atoms with Gasteiger partial charge in [-0.2, -0.15) is 4.31 Å². The van der Waals surface area contributed by atoms with Crippen molar-refractivity contribution in [1.82, 2.24) is 4.31 Å². The van der Waals surface area contributed by atoms with Crippen molar-refractivity contribution in [2.24, 2.45) is 5.92 Å². The van der Waals surface area contributed by atoms with Gasteiger partial charge in [0.1, 0.15) is 0 Å². The number of aliphatic hydroxyl groups is 1. The lowest BCUT2D eigenvalue weighted by atomic mass is 9.97. The number of nitrogens with zero attached hydrogens (tertiary/aromatic N) is 1. The Kier molecular flexibility index (Phi) is 5.54. The van der Waals surface area contributed by atoms with Gasteiger partial charge in [0.25, 0.3) is 0 Å². The Labute approximate surface area is 138 Å². The van der Waals surface area contributed by atoms with E-state index in [1.807, 2.05) is 0 Å². The van der Waals surface area contributed by atoms with Crippen LogP contribution in [0.15, 0.2) is 21.5 Å². The molecular formula is C13H18BrClN2O3S. The first-order valence-corrected chi connectivity index (χ1v) is 9.33. The van der Waals surface area contributed by atoms with Gasteiger partial charge >= 0.3 is 0 Å². The summed E-state index contributed by atoms with van der Waals surface area (Å²) in [5, 5.41) is 9.32. The maximum absolute atomic E-state index is 12.8. The molecule has 1 atom stereocenters. The van der Waals surface area contributed by atoms with E-state index < -0.39 is 10.0 Å². The molecule has 1 heterocycles. The van der Waals surface area contributed by atoms with Crippen LogP contribution in [0.1, 0.15) is 19.3 Å². The number of hydrogen-bond donors (Lipinski definition) is 2. The number of rotatable bonds is 4. The molecule has 0 bridgehead atoms. The number of nitrogens with two attached hydrogens (primary N) is 1. The van der Waals surface area contributed by atoms with Gasteiger partial charge in [-0.15, -0.1) is 0 Å². The van der Waals surface area contributed by atoms with Crippen LogP contribution >= 0.6 is 27.5 Å². The summed E-state index contributed by atoms with van der Waals surface area (Å²) in [6.45, 7) is 0.969. The van der Waals surface area contributed by atoms with Crippen LogP contribution in [-0.2, 0) is 10.0 Å². The van der Waals surface area contributed by atoms with Crippen molar-refractivity contribution in [3.05, 3.63) is 21.6 Å².